The molecule has 122 valence electrons. The fraction of sp³-hybridized carbons (Fsp3) is 0.333. The molecule has 1 aromatic carbocycles. The minimum absolute atomic E-state index is 0.198. The van der Waals surface area contributed by atoms with E-state index in [0.717, 1.165) is 29.8 Å². The van der Waals surface area contributed by atoms with Crippen LogP contribution in [0.2, 0.25) is 0 Å². The zero-order valence-electron chi connectivity index (χ0n) is 13.4. The van der Waals surface area contributed by atoms with E-state index in [0.29, 0.717) is 13.2 Å². The van der Waals surface area contributed by atoms with Crippen LogP contribution in [0.3, 0.4) is 0 Å². The van der Waals surface area contributed by atoms with Crippen molar-refractivity contribution in [1.29, 1.82) is 0 Å². The molecule has 0 aliphatic carbocycles. The van der Waals surface area contributed by atoms with Gasteiger partial charge in [-0.15, -0.1) is 0 Å². The lowest BCUT2D eigenvalue weighted by Crippen LogP contribution is -2.27. The van der Waals surface area contributed by atoms with Crippen LogP contribution in [0.4, 0.5) is 0 Å². The van der Waals surface area contributed by atoms with E-state index in [1.165, 1.54) is 6.07 Å². The summed E-state index contributed by atoms with van der Waals surface area (Å²) in [5.41, 5.74) is 0.920. The van der Waals surface area contributed by atoms with Crippen molar-refractivity contribution in [2.45, 2.75) is 33.2 Å². The number of aromatic nitrogens is 1. The number of rotatable bonds is 7. The molecule has 5 heteroatoms. The molecule has 23 heavy (non-hydrogen) atoms. The Hall–Kier alpha value is -2.56. The van der Waals surface area contributed by atoms with Gasteiger partial charge in [-0.25, -0.2) is 4.79 Å². The lowest BCUT2D eigenvalue weighted by Gasteiger charge is -2.14. The molecule has 0 amide bonds. The van der Waals surface area contributed by atoms with E-state index in [2.05, 4.69) is 0 Å². The molecule has 0 aliphatic rings. The number of unbranched alkanes of at least 4 members (excludes halogenated alkanes) is 1. The number of hydrogen-bond donors (Lipinski definition) is 1. The van der Waals surface area contributed by atoms with Gasteiger partial charge in [0.05, 0.1) is 12.3 Å². The lowest BCUT2D eigenvalue weighted by molar-refractivity contribution is 0.0694. The van der Waals surface area contributed by atoms with Crippen molar-refractivity contribution in [2.24, 2.45) is 0 Å². The highest BCUT2D eigenvalue weighted by molar-refractivity contribution is 5.87. The molecule has 0 bridgehead atoms. The molecule has 1 aromatic heterocycles. The normalized spacial score (nSPS) is 10.5. The highest BCUT2D eigenvalue weighted by atomic mass is 16.5. The van der Waals surface area contributed by atoms with Gasteiger partial charge in [-0.2, -0.15) is 0 Å². The molecule has 0 saturated carbocycles. The molecule has 0 atom stereocenters. The average molecular weight is 315 g/mol. The lowest BCUT2D eigenvalue weighted by atomic mass is 10.1. The molecule has 2 rings (SSSR count). The molecular weight excluding hydrogens is 294 g/mol. The molecule has 0 aliphatic heterocycles. The van der Waals surface area contributed by atoms with Gasteiger partial charge in [-0.05, 0) is 55.3 Å². The zero-order chi connectivity index (χ0) is 16.8. The molecular formula is C18H21NO4. The zero-order valence-corrected chi connectivity index (χ0v) is 13.4. The number of carboxylic acids is 1. The van der Waals surface area contributed by atoms with E-state index in [1.54, 1.807) is 10.6 Å². The largest absolute Gasteiger partial charge is 0.494 e. The van der Waals surface area contributed by atoms with E-state index < -0.39 is 11.5 Å². The Morgan fingerprint density at radius 1 is 1.13 bits per heavy atom. The molecule has 0 spiro atoms. The molecule has 1 N–H and O–H groups in total. The maximum atomic E-state index is 12.4. The highest BCUT2D eigenvalue weighted by Gasteiger charge is 2.14. The summed E-state index contributed by atoms with van der Waals surface area (Å²) in [4.78, 5) is 23.6. The molecule has 0 radical (unpaired) electrons. The van der Waals surface area contributed by atoms with E-state index in [4.69, 9.17) is 9.84 Å². The van der Waals surface area contributed by atoms with E-state index >= 15 is 0 Å². The minimum atomic E-state index is -1.20. The summed E-state index contributed by atoms with van der Waals surface area (Å²) in [6, 6.07) is 10.5. The summed E-state index contributed by atoms with van der Waals surface area (Å²) >= 11 is 0. The minimum Gasteiger partial charge on any atom is -0.494 e. The van der Waals surface area contributed by atoms with Crippen molar-refractivity contribution >= 4 is 5.97 Å². The third-order valence-corrected chi connectivity index (χ3v) is 3.60. The predicted octanol–water partition coefficient (Wildman–Crippen LogP) is 3.41. The number of hydrogen-bond acceptors (Lipinski definition) is 3. The van der Waals surface area contributed by atoms with Crippen molar-refractivity contribution in [3.8, 4) is 17.0 Å². The number of benzene rings is 1. The average Bonchev–Trinajstić information content (AvgIpc) is 2.54. The standard InChI is InChI=1S/C18H21NO4/c1-3-5-12-19-16(11-10-15(17(19)20)18(21)22)13-6-8-14(9-7-13)23-4-2/h6-11H,3-5,12H2,1-2H3,(H,21,22). The van der Waals surface area contributed by atoms with Crippen molar-refractivity contribution < 1.29 is 14.6 Å². The van der Waals surface area contributed by atoms with Crippen LogP contribution >= 0.6 is 0 Å². The quantitative estimate of drug-likeness (QED) is 0.850. The highest BCUT2D eigenvalue weighted by Crippen LogP contribution is 2.22. The number of nitrogens with zero attached hydrogens (tertiary/aromatic N) is 1. The molecule has 2 aromatic rings. The Morgan fingerprint density at radius 3 is 2.39 bits per heavy atom. The fourth-order valence-corrected chi connectivity index (χ4v) is 2.42. The van der Waals surface area contributed by atoms with Crippen LogP contribution < -0.4 is 10.3 Å². The van der Waals surface area contributed by atoms with Crippen LogP contribution in [-0.2, 0) is 6.54 Å². The van der Waals surface area contributed by atoms with Crippen LogP contribution in [0.15, 0.2) is 41.2 Å². The summed E-state index contributed by atoms with van der Waals surface area (Å²) in [5, 5.41) is 9.14. The van der Waals surface area contributed by atoms with Crippen molar-refractivity contribution in [3.05, 3.63) is 52.3 Å². The van der Waals surface area contributed by atoms with Gasteiger partial charge in [0.15, 0.2) is 0 Å². The van der Waals surface area contributed by atoms with Gasteiger partial charge in [-0.1, -0.05) is 13.3 Å². The Kier molecular flexibility index (Phi) is 5.57. The summed E-state index contributed by atoms with van der Waals surface area (Å²) in [6.07, 6.45) is 1.74. The van der Waals surface area contributed by atoms with Crippen molar-refractivity contribution in [1.82, 2.24) is 4.57 Å². The third kappa shape index (κ3) is 3.80. The second kappa shape index (κ2) is 7.63. The monoisotopic (exact) mass is 315 g/mol. The fourth-order valence-electron chi connectivity index (χ4n) is 2.42. The number of pyridine rings is 1. The van der Waals surface area contributed by atoms with Crippen molar-refractivity contribution in [2.75, 3.05) is 6.61 Å². The van der Waals surface area contributed by atoms with E-state index in [9.17, 15) is 9.59 Å². The van der Waals surface area contributed by atoms with Crippen LogP contribution in [-0.4, -0.2) is 22.2 Å². The number of aromatic carboxylic acids is 1. The van der Waals surface area contributed by atoms with Gasteiger partial charge < -0.3 is 14.4 Å². The topological polar surface area (TPSA) is 68.5 Å². The van der Waals surface area contributed by atoms with Crippen LogP contribution in [0.1, 0.15) is 37.0 Å². The summed E-state index contributed by atoms with van der Waals surface area (Å²) in [6.45, 7) is 5.04. The maximum absolute atomic E-state index is 12.4. The molecule has 0 saturated heterocycles. The third-order valence-electron chi connectivity index (χ3n) is 3.60. The van der Waals surface area contributed by atoms with Crippen molar-refractivity contribution in [3.63, 3.8) is 0 Å². The van der Waals surface area contributed by atoms with Gasteiger partial charge >= 0.3 is 5.97 Å². The van der Waals surface area contributed by atoms with Crippen LogP contribution in [0.25, 0.3) is 11.3 Å². The SMILES string of the molecule is CCCCn1c(-c2ccc(OCC)cc2)ccc(C(=O)O)c1=O. The van der Waals surface area contributed by atoms with Gasteiger partial charge in [0.25, 0.3) is 5.56 Å². The molecule has 0 fully saturated rings. The second-order valence-electron chi connectivity index (χ2n) is 5.21. The van der Waals surface area contributed by atoms with E-state index in [-0.39, 0.29) is 5.56 Å². The van der Waals surface area contributed by atoms with Gasteiger partial charge in [0.1, 0.15) is 11.3 Å². The number of carboxylic acid groups (broad SMARTS) is 1. The van der Waals surface area contributed by atoms with Crippen LogP contribution in [0, 0.1) is 0 Å². The molecule has 5 nitrogen and oxygen atoms in total. The second-order valence-corrected chi connectivity index (χ2v) is 5.21. The summed E-state index contributed by atoms with van der Waals surface area (Å²) < 4.78 is 6.96. The number of ether oxygens (including phenoxy) is 1. The first-order valence-corrected chi connectivity index (χ1v) is 7.78. The molecule has 1 heterocycles. The van der Waals surface area contributed by atoms with E-state index in [1.807, 2.05) is 38.1 Å². The van der Waals surface area contributed by atoms with Gasteiger partial charge in [-0.3, -0.25) is 4.79 Å². The Balaban J connectivity index is 2.50. The first-order chi connectivity index (χ1) is 11.1. The summed E-state index contributed by atoms with van der Waals surface area (Å²) in [5.74, 6) is -0.431. The summed E-state index contributed by atoms with van der Waals surface area (Å²) in [7, 11) is 0. The predicted molar refractivity (Wildman–Crippen MR) is 89.2 cm³/mol. The maximum Gasteiger partial charge on any atom is 0.341 e. The first kappa shape index (κ1) is 16.8. The van der Waals surface area contributed by atoms with Crippen LogP contribution in [0.5, 0.6) is 5.75 Å². The van der Waals surface area contributed by atoms with Gasteiger partial charge in [0.2, 0.25) is 0 Å². The Bertz CT molecular complexity index is 732. The Morgan fingerprint density at radius 2 is 1.83 bits per heavy atom. The first-order valence-electron chi connectivity index (χ1n) is 7.78. The smallest absolute Gasteiger partial charge is 0.341 e. The van der Waals surface area contributed by atoms with Gasteiger partial charge in [0, 0.05) is 6.54 Å². The Labute approximate surface area is 135 Å². The number of carbonyl (C=O) groups is 1. The molecule has 0 unspecified atom stereocenters.